The monoisotopic (exact) mass is 280 g/mol. The number of carbonyl (C=O) groups is 2. The summed E-state index contributed by atoms with van der Waals surface area (Å²) in [4.78, 5) is 23.8. The Bertz CT molecular complexity index is 406. The zero-order chi connectivity index (χ0) is 14.4. The first-order valence-electron chi connectivity index (χ1n) is 6.03. The summed E-state index contributed by atoms with van der Waals surface area (Å²) in [6.45, 7) is 1.79. The molecule has 2 fully saturated rings. The van der Waals surface area contributed by atoms with Gasteiger partial charge in [-0.3, -0.25) is 4.79 Å². The molecular formula is C11H15F3N2O3. The van der Waals surface area contributed by atoms with Crippen molar-refractivity contribution in [1.82, 2.24) is 10.2 Å². The van der Waals surface area contributed by atoms with Crippen molar-refractivity contribution in [3.05, 3.63) is 0 Å². The van der Waals surface area contributed by atoms with E-state index in [0.717, 1.165) is 4.90 Å². The van der Waals surface area contributed by atoms with E-state index in [1.54, 1.807) is 6.92 Å². The lowest BCUT2D eigenvalue weighted by Gasteiger charge is -2.24. The number of aliphatic carboxylic acids is 1. The molecule has 1 aliphatic heterocycles. The van der Waals surface area contributed by atoms with Gasteiger partial charge in [0.15, 0.2) is 0 Å². The van der Waals surface area contributed by atoms with Crippen LogP contribution in [0.25, 0.3) is 0 Å². The van der Waals surface area contributed by atoms with Crippen LogP contribution in [0.5, 0.6) is 0 Å². The van der Waals surface area contributed by atoms with Crippen molar-refractivity contribution in [2.45, 2.75) is 31.5 Å². The lowest BCUT2D eigenvalue weighted by atomic mass is 9.99. The molecule has 0 radical (unpaired) electrons. The van der Waals surface area contributed by atoms with Crippen molar-refractivity contribution in [2.24, 2.45) is 11.8 Å². The number of nitrogens with zero attached hydrogens (tertiary/aromatic N) is 1. The van der Waals surface area contributed by atoms with E-state index in [-0.39, 0.29) is 31.8 Å². The van der Waals surface area contributed by atoms with Gasteiger partial charge in [0.05, 0.1) is 5.92 Å². The fraction of sp³-hybridized carbons (Fsp3) is 0.818. The van der Waals surface area contributed by atoms with E-state index in [4.69, 9.17) is 5.11 Å². The average molecular weight is 280 g/mol. The number of likely N-dealkylation sites (tertiary alicyclic amines) is 1. The van der Waals surface area contributed by atoms with Crippen LogP contribution < -0.4 is 5.32 Å². The Hall–Kier alpha value is -1.47. The largest absolute Gasteiger partial charge is 0.481 e. The van der Waals surface area contributed by atoms with E-state index in [2.05, 4.69) is 0 Å². The van der Waals surface area contributed by atoms with Gasteiger partial charge in [-0.05, 0) is 18.8 Å². The number of amides is 2. The highest BCUT2D eigenvalue weighted by Gasteiger charge is 2.64. The van der Waals surface area contributed by atoms with E-state index >= 15 is 0 Å². The summed E-state index contributed by atoms with van der Waals surface area (Å²) in [5.41, 5.74) is -2.10. The molecule has 1 aliphatic carbocycles. The lowest BCUT2D eigenvalue weighted by Crippen LogP contribution is -2.52. The Morgan fingerprint density at radius 2 is 1.89 bits per heavy atom. The highest BCUT2D eigenvalue weighted by atomic mass is 19.4. The van der Waals surface area contributed by atoms with Crippen LogP contribution in [0, 0.1) is 11.8 Å². The third-order valence-electron chi connectivity index (χ3n) is 3.86. The standard InChI is InChI=1S/C11H15F3N2O3/c1-6-4-16(5-7(6)8(17)18)9(19)15-10(2-3-10)11(12,13)14/h6-7H,2-5H2,1H3,(H,15,19)(H,17,18)/t6-,7-/m1/s1. The van der Waals surface area contributed by atoms with Crippen molar-refractivity contribution in [1.29, 1.82) is 0 Å². The zero-order valence-corrected chi connectivity index (χ0v) is 10.3. The predicted octanol–water partition coefficient (Wildman–Crippen LogP) is 1.44. The molecule has 0 unspecified atom stereocenters. The van der Waals surface area contributed by atoms with Gasteiger partial charge in [0.25, 0.3) is 0 Å². The molecule has 2 aliphatic rings. The number of halogens is 3. The van der Waals surface area contributed by atoms with E-state index in [1.165, 1.54) is 0 Å². The van der Waals surface area contributed by atoms with Crippen LogP contribution in [0.2, 0.25) is 0 Å². The maximum absolute atomic E-state index is 12.7. The summed E-state index contributed by atoms with van der Waals surface area (Å²) in [7, 11) is 0. The molecule has 5 nitrogen and oxygen atoms in total. The second-order valence-corrected chi connectivity index (χ2v) is 5.34. The molecular weight excluding hydrogens is 265 g/mol. The SMILES string of the molecule is C[C@@H]1CN(C(=O)NC2(C(F)(F)F)CC2)C[C@H]1C(=O)O. The van der Waals surface area contributed by atoms with Crippen molar-refractivity contribution in [2.75, 3.05) is 13.1 Å². The third kappa shape index (κ3) is 2.48. The van der Waals surface area contributed by atoms with Crippen LogP contribution in [0.4, 0.5) is 18.0 Å². The van der Waals surface area contributed by atoms with Crippen LogP contribution in [0.3, 0.4) is 0 Å². The van der Waals surface area contributed by atoms with Gasteiger partial charge in [0.2, 0.25) is 0 Å². The lowest BCUT2D eigenvalue weighted by molar-refractivity contribution is -0.163. The molecule has 0 aromatic rings. The molecule has 108 valence electrons. The average Bonchev–Trinajstić information content (AvgIpc) is 2.93. The zero-order valence-electron chi connectivity index (χ0n) is 10.3. The smallest absolute Gasteiger partial charge is 0.411 e. The van der Waals surface area contributed by atoms with Crippen LogP contribution in [0.15, 0.2) is 0 Å². The maximum atomic E-state index is 12.7. The minimum Gasteiger partial charge on any atom is -0.481 e. The number of hydrogen-bond acceptors (Lipinski definition) is 2. The van der Waals surface area contributed by atoms with Crippen LogP contribution in [0.1, 0.15) is 19.8 Å². The molecule has 0 bridgehead atoms. The number of rotatable bonds is 2. The number of urea groups is 1. The molecule has 2 rings (SSSR count). The Kier molecular flexibility index (Phi) is 3.14. The number of alkyl halides is 3. The summed E-state index contributed by atoms with van der Waals surface area (Å²) in [5.74, 6) is -2.00. The van der Waals surface area contributed by atoms with Crippen LogP contribution >= 0.6 is 0 Å². The molecule has 1 saturated carbocycles. The molecule has 2 N–H and O–H groups in total. The van der Waals surface area contributed by atoms with Crippen molar-refractivity contribution < 1.29 is 27.9 Å². The normalized spacial score (nSPS) is 29.2. The molecule has 1 saturated heterocycles. The number of carboxylic acid groups (broad SMARTS) is 1. The Balaban J connectivity index is 1.98. The van der Waals surface area contributed by atoms with E-state index in [9.17, 15) is 22.8 Å². The Morgan fingerprint density at radius 1 is 1.32 bits per heavy atom. The molecule has 2 amide bonds. The minimum atomic E-state index is -4.46. The number of carbonyl (C=O) groups excluding carboxylic acids is 1. The maximum Gasteiger partial charge on any atom is 0.411 e. The first-order chi connectivity index (χ1) is 8.66. The van der Waals surface area contributed by atoms with Gasteiger partial charge in [-0.1, -0.05) is 6.92 Å². The van der Waals surface area contributed by atoms with E-state index in [0.29, 0.717) is 0 Å². The van der Waals surface area contributed by atoms with Gasteiger partial charge in [-0.2, -0.15) is 13.2 Å². The Labute approximate surface area is 107 Å². The summed E-state index contributed by atoms with van der Waals surface area (Å²) >= 11 is 0. The van der Waals surface area contributed by atoms with Gasteiger partial charge < -0.3 is 15.3 Å². The van der Waals surface area contributed by atoms with Gasteiger partial charge in [0, 0.05) is 13.1 Å². The molecule has 0 aromatic carbocycles. The van der Waals surface area contributed by atoms with Crippen molar-refractivity contribution in [3.8, 4) is 0 Å². The van der Waals surface area contributed by atoms with Crippen molar-refractivity contribution in [3.63, 3.8) is 0 Å². The van der Waals surface area contributed by atoms with Crippen molar-refractivity contribution >= 4 is 12.0 Å². The predicted molar refractivity (Wildman–Crippen MR) is 58.4 cm³/mol. The van der Waals surface area contributed by atoms with Crippen LogP contribution in [-0.4, -0.2) is 46.8 Å². The summed E-state index contributed by atoms with van der Waals surface area (Å²) < 4.78 is 38.1. The fourth-order valence-corrected chi connectivity index (χ4v) is 2.34. The fourth-order valence-electron chi connectivity index (χ4n) is 2.34. The highest BCUT2D eigenvalue weighted by Crippen LogP contribution is 2.49. The third-order valence-corrected chi connectivity index (χ3v) is 3.86. The number of nitrogens with one attached hydrogen (secondary N) is 1. The van der Waals surface area contributed by atoms with Gasteiger partial charge in [0.1, 0.15) is 5.54 Å². The minimum absolute atomic E-state index is 0.0454. The van der Waals surface area contributed by atoms with Gasteiger partial charge in [-0.15, -0.1) is 0 Å². The van der Waals surface area contributed by atoms with E-state index in [1.807, 2.05) is 5.32 Å². The molecule has 19 heavy (non-hydrogen) atoms. The molecule has 1 heterocycles. The summed E-state index contributed by atoms with van der Waals surface area (Å²) in [6.07, 6.45) is -4.69. The quantitative estimate of drug-likeness (QED) is 0.804. The van der Waals surface area contributed by atoms with Gasteiger partial charge in [-0.25, -0.2) is 4.79 Å². The number of carboxylic acids is 1. The van der Waals surface area contributed by atoms with E-state index < -0.39 is 29.6 Å². The first-order valence-corrected chi connectivity index (χ1v) is 6.03. The molecule has 0 aromatic heterocycles. The molecule has 0 spiro atoms. The van der Waals surface area contributed by atoms with Gasteiger partial charge >= 0.3 is 18.2 Å². The second-order valence-electron chi connectivity index (χ2n) is 5.34. The Morgan fingerprint density at radius 3 is 2.26 bits per heavy atom. The topological polar surface area (TPSA) is 69.6 Å². The van der Waals surface area contributed by atoms with Crippen LogP contribution in [-0.2, 0) is 4.79 Å². The summed E-state index contributed by atoms with van der Waals surface area (Å²) in [5, 5.41) is 10.9. The molecule has 2 atom stereocenters. The summed E-state index contributed by atoms with van der Waals surface area (Å²) in [6, 6.07) is -0.828. The number of hydrogen-bond donors (Lipinski definition) is 2. The second kappa shape index (κ2) is 4.28. The first kappa shape index (κ1) is 14.0. The molecule has 8 heteroatoms. The highest BCUT2D eigenvalue weighted by molar-refractivity contribution is 5.78.